The van der Waals surface area contributed by atoms with Gasteiger partial charge in [-0.3, -0.25) is 4.98 Å². The summed E-state index contributed by atoms with van der Waals surface area (Å²) in [5, 5.41) is 9.17. The van der Waals surface area contributed by atoms with Gasteiger partial charge in [-0.2, -0.15) is 0 Å². The van der Waals surface area contributed by atoms with Gasteiger partial charge in [-0.15, -0.1) is 0 Å². The Morgan fingerprint density at radius 3 is 2.60 bits per heavy atom. The zero-order valence-electron chi connectivity index (χ0n) is 8.93. The summed E-state index contributed by atoms with van der Waals surface area (Å²) in [6, 6.07) is 3.31. The number of hydrogen-bond acceptors (Lipinski definition) is 3. The Bertz CT molecular complexity index is 326. The number of aliphatic carboxylic acids is 1. The molecule has 0 radical (unpaired) electrons. The summed E-state index contributed by atoms with van der Waals surface area (Å²) in [5.74, 6) is -0.984. The van der Waals surface area contributed by atoms with Crippen LogP contribution >= 0.6 is 0 Å². The van der Waals surface area contributed by atoms with E-state index in [1.54, 1.807) is 31.5 Å². The van der Waals surface area contributed by atoms with Crippen LogP contribution in [0.4, 0.5) is 0 Å². The average Bonchev–Trinajstić information content (AvgIpc) is 2.27. The second kappa shape index (κ2) is 4.89. The molecule has 0 saturated heterocycles. The number of rotatable bonds is 5. The summed E-state index contributed by atoms with van der Waals surface area (Å²) in [6.07, 6.45) is 3.91. The third kappa shape index (κ3) is 2.53. The van der Waals surface area contributed by atoms with E-state index in [9.17, 15) is 4.79 Å². The van der Waals surface area contributed by atoms with E-state index < -0.39 is 11.6 Å². The van der Waals surface area contributed by atoms with Crippen LogP contribution in [0.15, 0.2) is 24.5 Å². The third-order valence-corrected chi connectivity index (χ3v) is 2.23. The molecular weight excluding hydrogens is 194 g/mol. The van der Waals surface area contributed by atoms with Crippen LogP contribution in [-0.2, 0) is 15.1 Å². The normalized spacial score (nSPS) is 14.5. The van der Waals surface area contributed by atoms with Gasteiger partial charge < -0.3 is 9.84 Å². The molecule has 82 valence electrons. The number of ether oxygens (including phenoxy) is 1. The number of carboxylic acids is 1. The third-order valence-electron chi connectivity index (χ3n) is 2.23. The van der Waals surface area contributed by atoms with Gasteiger partial charge in [0.05, 0.1) is 0 Å². The molecule has 0 fully saturated rings. The minimum atomic E-state index is -1.28. The molecule has 1 atom stereocenters. The standard InChI is InChI=1S/C11H15NO3/c1-3-8-15-11(2,10(13)14)9-4-6-12-7-5-9/h4-7H,3,8H2,1-2H3,(H,13,14). The number of hydrogen-bond donors (Lipinski definition) is 1. The average molecular weight is 209 g/mol. The SMILES string of the molecule is CCCOC(C)(C(=O)O)c1ccncc1. The highest BCUT2D eigenvalue weighted by atomic mass is 16.5. The van der Waals surface area contributed by atoms with Gasteiger partial charge in [0.15, 0.2) is 5.60 Å². The maximum atomic E-state index is 11.2. The second-order valence-corrected chi connectivity index (χ2v) is 3.42. The minimum Gasteiger partial charge on any atom is -0.479 e. The van der Waals surface area contributed by atoms with Crippen LogP contribution in [-0.4, -0.2) is 22.7 Å². The lowest BCUT2D eigenvalue weighted by molar-refractivity contribution is -0.165. The molecule has 4 nitrogen and oxygen atoms in total. The monoisotopic (exact) mass is 209 g/mol. The first-order chi connectivity index (χ1) is 7.11. The van der Waals surface area contributed by atoms with E-state index >= 15 is 0 Å². The molecule has 0 aliphatic heterocycles. The molecule has 1 aromatic rings. The molecule has 0 aliphatic carbocycles. The zero-order chi connectivity index (χ0) is 11.3. The molecule has 1 unspecified atom stereocenters. The van der Waals surface area contributed by atoms with Crippen molar-refractivity contribution in [3.05, 3.63) is 30.1 Å². The van der Waals surface area contributed by atoms with Crippen molar-refractivity contribution in [2.24, 2.45) is 0 Å². The number of pyridine rings is 1. The molecule has 0 spiro atoms. The lowest BCUT2D eigenvalue weighted by Gasteiger charge is -2.25. The predicted octanol–water partition coefficient (Wildman–Crippen LogP) is 1.81. The largest absolute Gasteiger partial charge is 0.479 e. The van der Waals surface area contributed by atoms with Crippen molar-refractivity contribution in [2.75, 3.05) is 6.61 Å². The Morgan fingerprint density at radius 1 is 1.53 bits per heavy atom. The lowest BCUT2D eigenvalue weighted by atomic mass is 9.97. The Labute approximate surface area is 88.9 Å². The van der Waals surface area contributed by atoms with Crippen LogP contribution in [0.2, 0.25) is 0 Å². The Balaban J connectivity index is 2.96. The van der Waals surface area contributed by atoms with Gasteiger partial charge in [0.1, 0.15) is 0 Å². The highest BCUT2D eigenvalue weighted by Gasteiger charge is 2.35. The maximum absolute atomic E-state index is 11.2. The van der Waals surface area contributed by atoms with Gasteiger partial charge in [0.2, 0.25) is 0 Å². The van der Waals surface area contributed by atoms with Gasteiger partial charge in [-0.25, -0.2) is 4.79 Å². The van der Waals surface area contributed by atoms with E-state index in [2.05, 4.69) is 4.98 Å². The number of carbonyl (C=O) groups is 1. The predicted molar refractivity (Wildman–Crippen MR) is 55.5 cm³/mol. The van der Waals surface area contributed by atoms with Gasteiger partial charge >= 0.3 is 5.97 Å². The molecule has 1 rings (SSSR count). The fraction of sp³-hybridized carbons (Fsp3) is 0.455. The van der Waals surface area contributed by atoms with Crippen LogP contribution < -0.4 is 0 Å². The summed E-state index contributed by atoms with van der Waals surface area (Å²) >= 11 is 0. The van der Waals surface area contributed by atoms with Crippen molar-refractivity contribution in [3.8, 4) is 0 Å². The quantitative estimate of drug-likeness (QED) is 0.803. The van der Waals surface area contributed by atoms with E-state index in [0.717, 1.165) is 6.42 Å². The molecule has 15 heavy (non-hydrogen) atoms. The van der Waals surface area contributed by atoms with Crippen molar-refractivity contribution >= 4 is 5.97 Å². The zero-order valence-corrected chi connectivity index (χ0v) is 8.93. The van der Waals surface area contributed by atoms with Gasteiger partial charge in [0, 0.05) is 19.0 Å². The van der Waals surface area contributed by atoms with E-state index in [4.69, 9.17) is 9.84 Å². The van der Waals surface area contributed by atoms with Gasteiger partial charge in [-0.05, 0) is 31.0 Å². The van der Waals surface area contributed by atoms with Gasteiger partial charge in [0.25, 0.3) is 0 Å². The van der Waals surface area contributed by atoms with E-state index in [0.29, 0.717) is 12.2 Å². The molecule has 1 N–H and O–H groups in total. The highest BCUT2D eigenvalue weighted by molar-refractivity contribution is 5.78. The first-order valence-electron chi connectivity index (χ1n) is 4.89. The first-order valence-corrected chi connectivity index (χ1v) is 4.89. The summed E-state index contributed by atoms with van der Waals surface area (Å²) in [5.41, 5.74) is -0.669. The molecular formula is C11H15NO3. The van der Waals surface area contributed by atoms with Crippen molar-refractivity contribution < 1.29 is 14.6 Å². The van der Waals surface area contributed by atoms with E-state index in [1.807, 2.05) is 6.92 Å². The topological polar surface area (TPSA) is 59.4 Å². The molecule has 0 amide bonds. The molecule has 0 bridgehead atoms. The van der Waals surface area contributed by atoms with Crippen molar-refractivity contribution in [2.45, 2.75) is 25.9 Å². The van der Waals surface area contributed by atoms with Crippen LogP contribution in [0.1, 0.15) is 25.8 Å². The molecule has 1 aromatic heterocycles. The Kier molecular flexibility index (Phi) is 3.80. The fourth-order valence-electron chi connectivity index (χ4n) is 1.24. The molecule has 0 aliphatic rings. The number of aromatic nitrogens is 1. The summed E-state index contributed by atoms with van der Waals surface area (Å²) in [6.45, 7) is 3.92. The van der Waals surface area contributed by atoms with Crippen LogP contribution in [0, 0.1) is 0 Å². The maximum Gasteiger partial charge on any atom is 0.340 e. The van der Waals surface area contributed by atoms with Crippen LogP contribution in [0.5, 0.6) is 0 Å². The minimum absolute atomic E-state index is 0.422. The second-order valence-electron chi connectivity index (χ2n) is 3.42. The smallest absolute Gasteiger partial charge is 0.340 e. The molecule has 1 heterocycles. The number of nitrogens with zero attached hydrogens (tertiary/aromatic N) is 1. The molecule has 0 aromatic carbocycles. The van der Waals surface area contributed by atoms with Crippen molar-refractivity contribution in [1.29, 1.82) is 0 Å². The van der Waals surface area contributed by atoms with Gasteiger partial charge in [-0.1, -0.05) is 6.92 Å². The Hall–Kier alpha value is -1.42. The summed E-state index contributed by atoms with van der Waals surface area (Å²) in [4.78, 5) is 15.0. The Morgan fingerprint density at radius 2 is 2.13 bits per heavy atom. The lowest BCUT2D eigenvalue weighted by Crippen LogP contribution is -2.35. The fourth-order valence-corrected chi connectivity index (χ4v) is 1.24. The summed E-state index contributed by atoms with van der Waals surface area (Å²) in [7, 11) is 0. The molecule has 4 heteroatoms. The van der Waals surface area contributed by atoms with Crippen LogP contribution in [0.3, 0.4) is 0 Å². The van der Waals surface area contributed by atoms with Crippen molar-refractivity contribution in [1.82, 2.24) is 4.98 Å². The highest BCUT2D eigenvalue weighted by Crippen LogP contribution is 2.25. The number of carboxylic acid groups (broad SMARTS) is 1. The van der Waals surface area contributed by atoms with E-state index in [-0.39, 0.29) is 0 Å². The summed E-state index contributed by atoms with van der Waals surface area (Å²) < 4.78 is 5.40. The van der Waals surface area contributed by atoms with Crippen molar-refractivity contribution in [3.63, 3.8) is 0 Å². The van der Waals surface area contributed by atoms with E-state index in [1.165, 1.54) is 0 Å². The van der Waals surface area contributed by atoms with Crippen LogP contribution in [0.25, 0.3) is 0 Å². The first kappa shape index (κ1) is 11.7. The molecule has 0 saturated carbocycles.